The molecule has 1 saturated heterocycles. The van der Waals surface area contributed by atoms with E-state index in [1.807, 2.05) is 18.1 Å². The highest BCUT2D eigenvalue weighted by Crippen LogP contribution is 2.27. The van der Waals surface area contributed by atoms with Crippen molar-refractivity contribution in [2.24, 2.45) is 9.98 Å². The Balaban J connectivity index is 2.11. The maximum Gasteiger partial charge on any atom is 0.137 e. The van der Waals surface area contributed by atoms with Crippen molar-refractivity contribution in [3.63, 3.8) is 0 Å². The highest BCUT2D eigenvalue weighted by molar-refractivity contribution is 7.96. The molecule has 0 aromatic carbocycles. The number of pyridine rings is 1. The lowest BCUT2D eigenvalue weighted by atomic mass is 10.1. The van der Waals surface area contributed by atoms with E-state index in [1.165, 1.54) is 31.2 Å². The molecular weight excluding hydrogens is 328 g/mol. The Morgan fingerprint density at radius 1 is 1.20 bits per heavy atom. The molecule has 1 aromatic heterocycles. The van der Waals surface area contributed by atoms with Crippen molar-refractivity contribution in [2.45, 2.75) is 57.5 Å². The molecule has 1 aliphatic heterocycles. The first-order valence-electron chi connectivity index (χ1n) is 9.34. The third kappa shape index (κ3) is 4.09. The van der Waals surface area contributed by atoms with Gasteiger partial charge in [-0.1, -0.05) is 31.4 Å². The number of nitrogens with zero attached hydrogens (tertiary/aromatic N) is 4. The molecule has 0 bridgehead atoms. The second-order valence-electron chi connectivity index (χ2n) is 7.14. The Labute approximate surface area is 155 Å². The smallest absolute Gasteiger partial charge is 0.137 e. The number of aryl methyl sites for hydroxylation is 1. The summed E-state index contributed by atoms with van der Waals surface area (Å²) >= 11 is 1.84. The van der Waals surface area contributed by atoms with Crippen molar-refractivity contribution in [1.29, 1.82) is 0 Å². The van der Waals surface area contributed by atoms with Crippen LogP contribution in [0.3, 0.4) is 0 Å². The van der Waals surface area contributed by atoms with Gasteiger partial charge in [0.05, 0.1) is 6.04 Å². The van der Waals surface area contributed by atoms with Gasteiger partial charge in [0.25, 0.3) is 0 Å². The lowest BCUT2D eigenvalue weighted by molar-refractivity contribution is 0.341. The van der Waals surface area contributed by atoms with Crippen LogP contribution in [0.25, 0.3) is 12.8 Å². The molecule has 1 aromatic rings. The van der Waals surface area contributed by atoms with Crippen LogP contribution in [0.4, 0.5) is 0 Å². The predicted molar refractivity (Wildman–Crippen MR) is 109 cm³/mol. The topological polar surface area (TPSA) is 32.9 Å². The van der Waals surface area contributed by atoms with Gasteiger partial charge in [-0.25, -0.2) is 0 Å². The maximum absolute atomic E-state index is 5.22. The van der Waals surface area contributed by atoms with Crippen molar-refractivity contribution < 1.29 is 0 Å². The van der Waals surface area contributed by atoms with Gasteiger partial charge in [0, 0.05) is 35.9 Å². The fourth-order valence-electron chi connectivity index (χ4n) is 4.05. The van der Waals surface area contributed by atoms with E-state index >= 15 is 0 Å². The van der Waals surface area contributed by atoms with Crippen LogP contribution < -0.4 is 16.1 Å². The summed E-state index contributed by atoms with van der Waals surface area (Å²) in [7, 11) is 0. The molecular formula is C20H30N4S. The van der Waals surface area contributed by atoms with Gasteiger partial charge in [0.1, 0.15) is 5.49 Å². The van der Waals surface area contributed by atoms with Crippen LogP contribution in [-0.2, 0) is 0 Å². The lowest BCUT2D eigenvalue weighted by Gasteiger charge is -2.28. The number of hydrogen-bond acceptors (Lipinski definition) is 4. The summed E-state index contributed by atoms with van der Waals surface area (Å²) < 4.78 is 4.83. The van der Waals surface area contributed by atoms with E-state index in [0.29, 0.717) is 12.1 Å². The summed E-state index contributed by atoms with van der Waals surface area (Å²) in [6.07, 6.45) is 11.3. The number of piperidine rings is 1. The molecule has 1 saturated carbocycles. The quantitative estimate of drug-likeness (QED) is 0.612. The van der Waals surface area contributed by atoms with Gasteiger partial charge in [-0.2, -0.15) is 0 Å². The first-order valence-corrected chi connectivity index (χ1v) is 10.5. The summed E-state index contributed by atoms with van der Waals surface area (Å²) in [6.45, 7) is 12.4. The van der Waals surface area contributed by atoms with E-state index in [9.17, 15) is 0 Å². The van der Waals surface area contributed by atoms with Gasteiger partial charge in [-0.05, 0) is 57.2 Å². The Morgan fingerprint density at radius 2 is 1.88 bits per heavy atom. The molecule has 2 aliphatic rings. The zero-order chi connectivity index (χ0) is 17.8. The van der Waals surface area contributed by atoms with E-state index in [-0.39, 0.29) is 0 Å². The van der Waals surface area contributed by atoms with Crippen molar-refractivity contribution in [3.05, 3.63) is 27.7 Å². The first-order chi connectivity index (χ1) is 12.1. The lowest BCUT2D eigenvalue weighted by Crippen LogP contribution is -2.47. The highest BCUT2D eigenvalue weighted by Gasteiger charge is 2.21. The van der Waals surface area contributed by atoms with Crippen LogP contribution in [0.2, 0.25) is 0 Å². The molecule has 0 spiro atoms. The van der Waals surface area contributed by atoms with Gasteiger partial charge >= 0.3 is 0 Å². The van der Waals surface area contributed by atoms with Crippen molar-refractivity contribution >= 4 is 31.4 Å². The molecule has 0 radical (unpaired) electrons. The van der Waals surface area contributed by atoms with Crippen LogP contribution in [0.15, 0.2) is 16.1 Å². The average molecular weight is 359 g/mol. The third-order valence-electron chi connectivity index (χ3n) is 5.51. The Hall–Kier alpha value is -1.33. The molecule has 1 aliphatic carbocycles. The molecule has 136 valence electrons. The fourth-order valence-corrected chi connectivity index (χ4v) is 4.63. The minimum absolute atomic E-state index is 0.384. The molecule has 0 atom stereocenters. The van der Waals surface area contributed by atoms with Gasteiger partial charge in [0.2, 0.25) is 0 Å². The highest BCUT2D eigenvalue weighted by atomic mass is 32.2. The fraction of sp³-hybridized carbons (Fsp3) is 0.600. The third-order valence-corrected chi connectivity index (χ3v) is 6.39. The Morgan fingerprint density at radius 3 is 2.48 bits per heavy atom. The number of rotatable bonds is 4. The van der Waals surface area contributed by atoms with Crippen molar-refractivity contribution in [2.75, 3.05) is 19.3 Å². The second-order valence-corrected chi connectivity index (χ2v) is 8.03. The normalized spacial score (nSPS) is 22.0. The first kappa shape index (κ1) is 18.5. The van der Waals surface area contributed by atoms with Gasteiger partial charge in [-0.15, -0.1) is 0 Å². The average Bonchev–Trinajstić information content (AvgIpc) is 3.14. The van der Waals surface area contributed by atoms with Crippen LogP contribution in [0, 0.1) is 6.92 Å². The van der Waals surface area contributed by atoms with Crippen molar-refractivity contribution in [1.82, 2.24) is 8.87 Å². The number of aliphatic imine (C=N–C) groups is 1. The second kappa shape index (κ2) is 8.37. The summed E-state index contributed by atoms with van der Waals surface area (Å²) in [5.41, 5.74) is 2.27. The Kier molecular flexibility index (Phi) is 6.18. The molecule has 2 heterocycles. The zero-order valence-corrected chi connectivity index (χ0v) is 16.4. The molecule has 4 nitrogen and oxygen atoms in total. The van der Waals surface area contributed by atoms with Crippen LogP contribution in [0.5, 0.6) is 0 Å². The van der Waals surface area contributed by atoms with E-state index in [4.69, 9.17) is 4.99 Å². The van der Waals surface area contributed by atoms with Gasteiger partial charge in [0.15, 0.2) is 0 Å². The molecule has 0 amide bonds. The van der Waals surface area contributed by atoms with Gasteiger partial charge in [-0.3, -0.25) is 14.3 Å². The van der Waals surface area contributed by atoms with E-state index in [2.05, 4.69) is 46.4 Å². The van der Waals surface area contributed by atoms with E-state index < -0.39 is 0 Å². The summed E-state index contributed by atoms with van der Waals surface area (Å²) in [5, 5.41) is 2.19. The minimum atomic E-state index is 0.384. The van der Waals surface area contributed by atoms with E-state index in [0.717, 1.165) is 42.0 Å². The van der Waals surface area contributed by atoms with Crippen LogP contribution >= 0.6 is 11.9 Å². The SMILES string of the molecule is C=N/C=c1/cc(C)c(=C)n(C2CCCC2)c1=NC1CCN(SC)CC1. The molecule has 25 heavy (non-hydrogen) atoms. The maximum atomic E-state index is 5.22. The standard InChI is InChI=1S/C20H30N4S/c1-15-13-17(14-21-3)20(22-18-9-11-23(25-4)12-10-18)24(16(15)2)19-7-5-6-8-19/h13-14,18-19H,2-3,5-12H2,1,4H3/b17-14-,22-20?. The minimum Gasteiger partial charge on any atom is -0.323 e. The Bertz CT molecular complexity index is 781. The van der Waals surface area contributed by atoms with Crippen molar-refractivity contribution in [3.8, 4) is 0 Å². The van der Waals surface area contributed by atoms with E-state index in [1.54, 1.807) is 0 Å². The predicted octanol–water partition coefficient (Wildman–Crippen LogP) is 2.40. The zero-order valence-electron chi connectivity index (χ0n) is 15.6. The number of hydrogen-bond donors (Lipinski definition) is 0. The molecule has 0 unspecified atom stereocenters. The number of aromatic nitrogens is 1. The summed E-state index contributed by atoms with van der Waals surface area (Å²) in [6, 6.07) is 3.07. The van der Waals surface area contributed by atoms with Gasteiger partial charge < -0.3 is 4.57 Å². The van der Waals surface area contributed by atoms with Crippen LogP contribution in [-0.4, -0.2) is 41.0 Å². The molecule has 5 heteroatoms. The molecule has 2 fully saturated rings. The largest absolute Gasteiger partial charge is 0.323 e. The monoisotopic (exact) mass is 358 g/mol. The summed E-state index contributed by atoms with van der Waals surface area (Å²) in [5.74, 6) is 0. The van der Waals surface area contributed by atoms with Crippen LogP contribution in [0.1, 0.15) is 50.1 Å². The summed E-state index contributed by atoms with van der Waals surface area (Å²) in [4.78, 5) is 9.26. The molecule has 0 N–H and O–H groups in total. The molecule has 3 rings (SSSR count).